The maximum atomic E-state index is 12.8. The van der Waals surface area contributed by atoms with Gasteiger partial charge < -0.3 is 19.4 Å². The molecule has 144 valence electrons. The number of hydrogen-bond acceptors (Lipinski definition) is 4. The van der Waals surface area contributed by atoms with Crippen molar-refractivity contribution in [2.45, 2.75) is 13.8 Å². The van der Waals surface area contributed by atoms with E-state index in [1.165, 1.54) is 7.11 Å². The molecule has 2 aromatic carbocycles. The molecule has 3 aromatic rings. The molecule has 1 amide bonds. The average molecular weight is 378 g/mol. The Hall–Kier alpha value is -3.54. The number of benzene rings is 2. The Balaban J connectivity index is 1.88. The van der Waals surface area contributed by atoms with Crippen molar-refractivity contribution in [3.05, 3.63) is 77.1 Å². The zero-order chi connectivity index (χ0) is 20.3. The van der Waals surface area contributed by atoms with Crippen LogP contribution in [0.3, 0.4) is 0 Å². The van der Waals surface area contributed by atoms with Gasteiger partial charge in [-0.2, -0.15) is 0 Å². The number of carbonyl (C=O) groups is 2. The summed E-state index contributed by atoms with van der Waals surface area (Å²) in [6.07, 6.45) is 0. The van der Waals surface area contributed by atoms with Crippen LogP contribution in [0.1, 0.15) is 32.1 Å². The van der Waals surface area contributed by atoms with Crippen molar-refractivity contribution in [1.82, 2.24) is 4.57 Å². The number of methoxy groups -OCH3 is 2. The fourth-order valence-corrected chi connectivity index (χ4v) is 3.16. The van der Waals surface area contributed by atoms with Gasteiger partial charge in [-0.25, -0.2) is 4.79 Å². The molecule has 6 heteroatoms. The molecule has 0 saturated heterocycles. The highest BCUT2D eigenvalue weighted by Crippen LogP contribution is 2.24. The lowest BCUT2D eigenvalue weighted by atomic mass is 10.2. The average Bonchev–Trinajstić information content (AvgIpc) is 3.01. The van der Waals surface area contributed by atoms with Gasteiger partial charge in [0.1, 0.15) is 5.75 Å². The van der Waals surface area contributed by atoms with Crippen molar-refractivity contribution >= 4 is 17.6 Å². The second-order valence-corrected chi connectivity index (χ2v) is 6.34. The molecule has 0 spiro atoms. The smallest absolute Gasteiger partial charge is 0.337 e. The largest absolute Gasteiger partial charge is 0.497 e. The van der Waals surface area contributed by atoms with Gasteiger partial charge in [0.2, 0.25) is 0 Å². The number of hydrogen-bond donors (Lipinski definition) is 1. The molecule has 6 nitrogen and oxygen atoms in total. The van der Waals surface area contributed by atoms with Crippen molar-refractivity contribution in [2.75, 3.05) is 19.5 Å². The van der Waals surface area contributed by atoms with E-state index in [1.54, 1.807) is 31.4 Å². The molecular weight excluding hydrogens is 356 g/mol. The van der Waals surface area contributed by atoms with Crippen LogP contribution in [-0.4, -0.2) is 30.7 Å². The van der Waals surface area contributed by atoms with Crippen LogP contribution in [0.4, 0.5) is 5.69 Å². The lowest BCUT2D eigenvalue weighted by Crippen LogP contribution is -2.13. The van der Waals surface area contributed by atoms with Gasteiger partial charge in [0.15, 0.2) is 0 Å². The van der Waals surface area contributed by atoms with Gasteiger partial charge in [-0.15, -0.1) is 0 Å². The van der Waals surface area contributed by atoms with Crippen LogP contribution in [0.2, 0.25) is 0 Å². The van der Waals surface area contributed by atoms with E-state index in [2.05, 4.69) is 5.32 Å². The predicted octanol–water partition coefficient (Wildman–Crippen LogP) is 4.14. The summed E-state index contributed by atoms with van der Waals surface area (Å²) in [4.78, 5) is 24.5. The Labute approximate surface area is 163 Å². The Kier molecular flexibility index (Phi) is 5.49. The molecule has 1 N–H and O–H groups in total. The van der Waals surface area contributed by atoms with Gasteiger partial charge in [-0.05, 0) is 62.4 Å². The van der Waals surface area contributed by atoms with Crippen LogP contribution in [0.5, 0.6) is 5.75 Å². The highest BCUT2D eigenvalue weighted by molar-refractivity contribution is 6.06. The van der Waals surface area contributed by atoms with Crippen LogP contribution in [-0.2, 0) is 4.74 Å². The summed E-state index contributed by atoms with van der Waals surface area (Å²) in [5.74, 6) is 0.0818. The van der Waals surface area contributed by atoms with E-state index >= 15 is 0 Å². The van der Waals surface area contributed by atoms with Gasteiger partial charge >= 0.3 is 5.97 Å². The van der Waals surface area contributed by atoms with Gasteiger partial charge in [0, 0.05) is 22.8 Å². The molecular formula is C22H22N2O4. The minimum Gasteiger partial charge on any atom is -0.497 e. The van der Waals surface area contributed by atoms with Crippen LogP contribution < -0.4 is 10.1 Å². The summed E-state index contributed by atoms with van der Waals surface area (Å²) in [7, 11) is 2.94. The third kappa shape index (κ3) is 3.76. The summed E-state index contributed by atoms with van der Waals surface area (Å²) in [5, 5.41) is 2.85. The van der Waals surface area contributed by atoms with E-state index in [-0.39, 0.29) is 5.91 Å². The quantitative estimate of drug-likeness (QED) is 0.678. The molecule has 0 atom stereocenters. The van der Waals surface area contributed by atoms with E-state index in [0.717, 1.165) is 22.8 Å². The van der Waals surface area contributed by atoms with Crippen molar-refractivity contribution in [3.8, 4) is 11.4 Å². The molecule has 0 radical (unpaired) electrons. The SMILES string of the molecule is COC(=O)c1cccc(NC(=O)c2cc(C)n(-c3ccc(OC)cc3)c2C)c1. The van der Waals surface area contributed by atoms with Crippen LogP contribution in [0.15, 0.2) is 54.6 Å². The standard InChI is InChI=1S/C22H22N2O4/c1-14-12-20(15(2)24(14)18-8-10-19(27-3)11-9-18)21(25)23-17-7-5-6-16(13-17)22(26)28-4/h5-13H,1-4H3,(H,23,25). The molecule has 1 heterocycles. The zero-order valence-electron chi connectivity index (χ0n) is 16.3. The van der Waals surface area contributed by atoms with Crippen molar-refractivity contribution in [2.24, 2.45) is 0 Å². The van der Waals surface area contributed by atoms with E-state index < -0.39 is 5.97 Å². The monoisotopic (exact) mass is 378 g/mol. The molecule has 1 aromatic heterocycles. The maximum Gasteiger partial charge on any atom is 0.337 e. The number of aromatic nitrogens is 1. The summed E-state index contributed by atoms with van der Waals surface area (Å²) >= 11 is 0. The van der Waals surface area contributed by atoms with E-state index in [1.807, 2.05) is 48.7 Å². The fraction of sp³-hybridized carbons (Fsp3) is 0.182. The number of ether oxygens (including phenoxy) is 2. The van der Waals surface area contributed by atoms with Gasteiger partial charge in [0.05, 0.1) is 25.3 Å². The Bertz CT molecular complexity index is 1020. The molecule has 0 aliphatic carbocycles. The normalized spacial score (nSPS) is 10.4. The zero-order valence-corrected chi connectivity index (χ0v) is 16.3. The van der Waals surface area contributed by atoms with E-state index in [4.69, 9.17) is 9.47 Å². The van der Waals surface area contributed by atoms with Crippen LogP contribution in [0.25, 0.3) is 5.69 Å². The number of nitrogens with one attached hydrogen (secondary N) is 1. The molecule has 0 aliphatic rings. The van der Waals surface area contributed by atoms with Gasteiger partial charge in [-0.3, -0.25) is 4.79 Å². The van der Waals surface area contributed by atoms with Crippen molar-refractivity contribution in [3.63, 3.8) is 0 Å². The highest BCUT2D eigenvalue weighted by Gasteiger charge is 2.17. The number of amides is 1. The molecule has 0 saturated carbocycles. The molecule has 28 heavy (non-hydrogen) atoms. The highest BCUT2D eigenvalue weighted by atomic mass is 16.5. The minimum absolute atomic E-state index is 0.241. The second-order valence-electron chi connectivity index (χ2n) is 6.34. The van der Waals surface area contributed by atoms with Crippen molar-refractivity contribution in [1.29, 1.82) is 0 Å². The lowest BCUT2D eigenvalue weighted by molar-refractivity contribution is 0.0600. The van der Waals surface area contributed by atoms with Gasteiger partial charge in [-0.1, -0.05) is 6.07 Å². The molecule has 0 fully saturated rings. The second kappa shape index (κ2) is 8.00. The van der Waals surface area contributed by atoms with Gasteiger partial charge in [0.25, 0.3) is 5.91 Å². The van der Waals surface area contributed by atoms with Crippen LogP contribution >= 0.6 is 0 Å². The molecule has 0 aliphatic heterocycles. The summed E-state index contributed by atoms with van der Waals surface area (Å²) in [5.41, 5.74) is 4.19. The number of carbonyl (C=O) groups excluding carboxylic acids is 2. The molecule has 0 bridgehead atoms. The minimum atomic E-state index is -0.450. The predicted molar refractivity (Wildman–Crippen MR) is 108 cm³/mol. The Morgan fingerprint density at radius 3 is 2.32 bits per heavy atom. The molecule has 0 unspecified atom stereocenters. The number of anilines is 1. The first kappa shape index (κ1) is 19.2. The fourth-order valence-electron chi connectivity index (χ4n) is 3.16. The summed E-state index contributed by atoms with van der Waals surface area (Å²) in [6, 6.07) is 16.2. The number of nitrogens with zero attached hydrogens (tertiary/aromatic N) is 1. The summed E-state index contributed by atoms with van der Waals surface area (Å²) in [6.45, 7) is 3.85. The molecule has 3 rings (SSSR count). The number of rotatable bonds is 5. The number of esters is 1. The van der Waals surface area contributed by atoms with Crippen molar-refractivity contribution < 1.29 is 19.1 Å². The third-order valence-corrected chi connectivity index (χ3v) is 4.55. The lowest BCUT2D eigenvalue weighted by Gasteiger charge is -2.11. The van der Waals surface area contributed by atoms with E-state index in [0.29, 0.717) is 16.8 Å². The Morgan fingerprint density at radius 2 is 1.68 bits per heavy atom. The number of aryl methyl sites for hydroxylation is 1. The van der Waals surface area contributed by atoms with E-state index in [9.17, 15) is 9.59 Å². The maximum absolute atomic E-state index is 12.8. The summed E-state index contributed by atoms with van der Waals surface area (Å²) < 4.78 is 11.9. The first-order valence-electron chi connectivity index (χ1n) is 8.77. The first-order chi connectivity index (χ1) is 13.4. The topological polar surface area (TPSA) is 69.6 Å². The van der Waals surface area contributed by atoms with Crippen LogP contribution in [0, 0.1) is 13.8 Å². The third-order valence-electron chi connectivity index (χ3n) is 4.55. The Morgan fingerprint density at radius 1 is 0.964 bits per heavy atom. The first-order valence-corrected chi connectivity index (χ1v) is 8.77.